The van der Waals surface area contributed by atoms with Gasteiger partial charge in [0.2, 0.25) is 0 Å². The van der Waals surface area contributed by atoms with E-state index < -0.39 is 0 Å². The standard InChI is InChI=1S/C14H21N3O/c1-14(2,9-3-4-9)16-13(18)12-7-10(15)8-17(12)11-5-6-11/h7-9,11H,3-6,15H2,1-2H3,(H,16,18). The number of aromatic nitrogens is 1. The minimum atomic E-state index is -0.107. The first-order chi connectivity index (χ1) is 8.47. The zero-order chi connectivity index (χ0) is 12.9. The monoisotopic (exact) mass is 247 g/mol. The van der Waals surface area contributed by atoms with E-state index in [1.165, 1.54) is 12.8 Å². The Morgan fingerprint density at radius 2 is 2.06 bits per heavy atom. The summed E-state index contributed by atoms with van der Waals surface area (Å²) >= 11 is 0. The third-order valence-electron chi connectivity index (χ3n) is 4.08. The van der Waals surface area contributed by atoms with Crippen molar-refractivity contribution < 1.29 is 4.79 Å². The molecule has 4 nitrogen and oxygen atoms in total. The third-order valence-corrected chi connectivity index (χ3v) is 4.08. The van der Waals surface area contributed by atoms with E-state index in [0.29, 0.717) is 23.3 Å². The average molecular weight is 247 g/mol. The van der Waals surface area contributed by atoms with E-state index in [1.54, 1.807) is 6.07 Å². The molecule has 0 radical (unpaired) electrons. The second-order valence-corrected chi connectivity index (χ2v) is 6.25. The van der Waals surface area contributed by atoms with Crippen molar-refractivity contribution in [2.24, 2.45) is 5.92 Å². The number of carbonyl (C=O) groups excluding carboxylic acids is 1. The quantitative estimate of drug-likeness (QED) is 0.857. The SMILES string of the molecule is CC(C)(NC(=O)c1cc(N)cn1C1CC1)C1CC1. The Kier molecular flexibility index (Phi) is 2.44. The maximum Gasteiger partial charge on any atom is 0.268 e. The van der Waals surface area contributed by atoms with Gasteiger partial charge in [-0.15, -0.1) is 0 Å². The van der Waals surface area contributed by atoms with E-state index in [2.05, 4.69) is 19.2 Å². The molecule has 0 aliphatic heterocycles. The van der Waals surface area contributed by atoms with Crippen molar-refractivity contribution in [3.63, 3.8) is 0 Å². The summed E-state index contributed by atoms with van der Waals surface area (Å²) in [7, 11) is 0. The molecule has 0 saturated heterocycles. The average Bonchev–Trinajstić information content (AvgIpc) is 3.13. The lowest BCUT2D eigenvalue weighted by Crippen LogP contribution is -2.45. The number of nitrogens with two attached hydrogens (primary N) is 1. The zero-order valence-corrected chi connectivity index (χ0v) is 11.1. The van der Waals surface area contributed by atoms with E-state index in [9.17, 15) is 4.79 Å². The molecule has 0 bridgehead atoms. The fourth-order valence-electron chi connectivity index (χ4n) is 2.60. The van der Waals surface area contributed by atoms with Crippen LogP contribution in [0.5, 0.6) is 0 Å². The van der Waals surface area contributed by atoms with Crippen LogP contribution in [0.3, 0.4) is 0 Å². The van der Waals surface area contributed by atoms with Crippen molar-refractivity contribution >= 4 is 11.6 Å². The lowest BCUT2D eigenvalue weighted by atomic mass is 9.98. The van der Waals surface area contributed by atoms with Crippen LogP contribution in [0.2, 0.25) is 0 Å². The first kappa shape index (κ1) is 11.6. The minimum Gasteiger partial charge on any atom is -0.397 e. The van der Waals surface area contributed by atoms with Crippen LogP contribution >= 0.6 is 0 Å². The van der Waals surface area contributed by atoms with Crippen molar-refractivity contribution in [3.8, 4) is 0 Å². The second kappa shape index (κ2) is 3.77. The molecule has 3 rings (SSSR count). The number of anilines is 1. The summed E-state index contributed by atoms with van der Waals surface area (Å²) in [5, 5.41) is 3.16. The number of carbonyl (C=O) groups is 1. The molecule has 18 heavy (non-hydrogen) atoms. The number of hydrogen-bond donors (Lipinski definition) is 2. The Labute approximate surface area is 108 Å². The van der Waals surface area contributed by atoms with Crippen LogP contribution < -0.4 is 11.1 Å². The van der Waals surface area contributed by atoms with Crippen LogP contribution in [0.4, 0.5) is 5.69 Å². The molecule has 0 unspecified atom stereocenters. The molecule has 1 amide bonds. The molecule has 3 N–H and O–H groups in total. The summed E-state index contributed by atoms with van der Waals surface area (Å²) in [4.78, 5) is 12.4. The van der Waals surface area contributed by atoms with Crippen LogP contribution in [0.25, 0.3) is 0 Å². The Balaban J connectivity index is 1.79. The highest BCUT2D eigenvalue weighted by atomic mass is 16.2. The summed E-state index contributed by atoms with van der Waals surface area (Å²) in [5.41, 5.74) is 7.10. The molecule has 2 aliphatic carbocycles. The molecule has 2 saturated carbocycles. The van der Waals surface area contributed by atoms with E-state index >= 15 is 0 Å². The molecule has 1 heterocycles. The molecular weight excluding hydrogens is 226 g/mol. The van der Waals surface area contributed by atoms with Crippen LogP contribution in [0.1, 0.15) is 56.1 Å². The van der Waals surface area contributed by atoms with Crippen LogP contribution in [-0.4, -0.2) is 16.0 Å². The van der Waals surface area contributed by atoms with Gasteiger partial charge in [-0.25, -0.2) is 0 Å². The molecule has 2 fully saturated rings. The van der Waals surface area contributed by atoms with Crippen molar-refractivity contribution in [2.75, 3.05) is 5.73 Å². The van der Waals surface area contributed by atoms with E-state index in [-0.39, 0.29) is 11.4 Å². The predicted octanol–water partition coefficient (Wildman–Crippen LogP) is 2.32. The van der Waals surface area contributed by atoms with Crippen molar-refractivity contribution in [1.82, 2.24) is 9.88 Å². The first-order valence-corrected chi connectivity index (χ1v) is 6.77. The zero-order valence-electron chi connectivity index (χ0n) is 11.1. The van der Waals surface area contributed by atoms with Gasteiger partial charge in [-0.05, 0) is 51.5 Å². The van der Waals surface area contributed by atoms with E-state index in [4.69, 9.17) is 5.73 Å². The summed E-state index contributed by atoms with van der Waals surface area (Å²) in [6, 6.07) is 2.27. The van der Waals surface area contributed by atoms with Gasteiger partial charge in [-0.2, -0.15) is 0 Å². The van der Waals surface area contributed by atoms with Gasteiger partial charge in [0.05, 0.1) is 5.69 Å². The van der Waals surface area contributed by atoms with E-state index in [0.717, 1.165) is 12.8 Å². The molecule has 0 aromatic carbocycles. The molecule has 98 valence electrons. The maximum atomic E-state index is 12.4. The Morgan fingerprint density at radius 1 is 1.39 bits per heavy atom. The van der Waals surface area contributed by atoms with Gasteiger partial charge in [0.25, 0.3) is 5.91 Å². The molecular formula is C14H21N3O. The van der Waals surface area contributed by atoms with Crippen molar-refractivity contribution in [1.29, 1.82) is 0 Å². The Bertz CT molecular complexity index is 481. The number of amides is 1. The summed E-state index contributed by atoms with van der Waals surface area (Å²) in [6.45, 7) is 4.21. The number of hydrogen-bond acceptors (Lipinski definition) is 2. The van der Waals surface area contributed by atoms with Crippen LogP contribution in [0.15, 0.2) is 12.3 Å². The van der Waals surface area contributed by atoms with Crippen LogP contribution in [0, 0.1) is 5.92 Å². The van der Waals surface area contributed by atoms with Crippen molar-refractivity contribution in [3.05, 3.63) is 18.0 Å². The fourth-order valence-corrected chi connectivity index (χ4v) is 2.60. The van der Waals surface area contributed by atoms with Gasteiger partial charge < -0.3 is 15.6 Å². The maximum absolute atomic E-state index is 12.4. The summed E-state index contributed by atoms with van der Waals surface area (Å²) < 4.78 is 2.04. The second-order valence-electron chi connectivity index (χ2n) is 6.25. The highest BCUT2D eigenvalue weighted by Crippen LogP contribution is 2.40. The largest absolute Gasteiger partial charge is 0.397 e. The molecule has 0 atom stereocenters. The Morgan fingerprint density at radius 3 is 2.61 bits per heavy atom. The third kappa shape index (κ3) is 2.11. The molecule has 1 aromatic rings. The molecule has 1 aromatic heterocycles. The number of rotatable bonds is 4. The minimum absolute atomic E-state index is 0.00972. The number of nitrogens with zero attached hydrogens (tertiary/aromatic N) is 1. The summed E-state index contributed by atoms with van der Waals surface area (Å²) in [6.07, 6.45) is 6.63. The molecule has 0 spiro atoms. The topological polar surface area (TPSA) is 60.1 Å². The van der Waals surface area contributed by atoms with E-state index in [1.807, 2.05) is 10.8 Å². The van der Waals surface area contributed by atoms with Crippen molar-refractivity contribution in [2.45, 2.75) is 51.1 Å². The number of nitrogen functional groups attached to an aromatic ring is 1. The normalized spacial score (nSPS) is 19.9. The van der Waals surface area contributed by atoms with Crippen LogP contribution in [-0.2, 0) is 0 Å². The fraction of sp³-hybridized carbons (Fsp3) is 0.643. The highest BCUT2D eigenvalue weighted by Gasteiger charge is 2.39. The Hall–Kier alpha value is -1.45. The lowest BCUT2D eigenvalue weighted by Gasteiger charge is -2.26. The molecule has 4 heteroatoms. The van der Waals surface area contributed by atoms with Gasteiger partial charge in [0.15, 0.2) is 0 Å². The number of nitrogens with one attached hydrogen (secondary N) is 1. The smallest absolute Gasteiger partial charge is 0.268 e. The van der Waals surface area contributed by atoms with Gasteiger partial charge in [0.1, 0.15) is 5.69 Å². The van der Waals surface area contributed by atoms with Gasteiger partial charge in [-0.3, -0.25) is 4.79 Å². The van der Waals surface area contributed by atoms with Gasteiger partial charge in [0, 0.05) is 17.8 Å². The lowest BCUT2D eigenvalue weighted by molar-refractivity contribution is 0.0893. The summed E-state index contributed by atoms with van der Waals surface area (Å²) in [5.74, 6) is 0.638. The van der Waals surface area contributed by atoms with Gasteiger partial charge in [-0.1, -0.05) is 0 Å². The highest BCUT2D eigenvalue weighted by molar-refractivity contribution is 5.94. The first-order valence-electron chi connectivity index (χ1n) is 6.77. The molecule has 2 aliphatic rings. The predicted molar refractivity (Wildman–Crippen MR) is 71.4 cm³/mol. The van der Waals surface area contributed by atoms with Gasteiger partial charge >= 0.3 is 0 Å².